The summed E-state index contributed by atoms with van der Waals surface area (Å²) in [7, 11) is -7.21. The summed E-state index contributed by atoms with van der Waals surface area (Å²) in [5.41, 5.74) is -1.82. The molecule has 3 aromatic rings. The molecule has 1 N–H and O–H groups in total. The Kier molecular flexibility index (Phi) is 9.40. The smallest absolute Gasteiger partial charge is 0.416 e. The second-order valence-electron chi connectivity index (χ2n) is 9.36. The Bertz CT molecular complexity index is 1660. The lowest BCUT2D eigenvalue weighted by Crippen LogP contribution is -2.38. The van der Waals surface area contributed by atoms with Gasteiger partial charge < -0.3 is 10.1 Å². The van der Waals surface area contributed by atoms with Crippen LogP contribution in [0.3, 0.4) is 0 Å². The van der Waals surface area contributed by atoms with E-state index in [1.807, 2.05) is 0 Å². The first kappa shape index (κ1) is 31.6. The molecule has 0 atom stereocenters. The molecule has 0 aliphatic carbocycles. The van der Waals surface area contributed by atoms with Gasteiger partial charge in [0.05, 0.1) is 38.9 Å². The fourth-order valence-electron chi connectivity index (χ4n) is 4.42. The number of ether oxygens (including phenoxy) is 1. The molecule has 15 heteroatoms. The first-order valence-electron chi connectivity index (χ1n) is 12.7. The third-order valence-corrected chi connectivity index (χ3v) is 10.5. The normalized spacial score (nSPS) is 14.8. The highest BCUT2D eigenvalue weighted by molar-refractivity contribution is 7.93. The van der Waals surface area contributed by atoms with E-state index in [1.165, 1.54) is 53.9 Å². The van der Waals surface area contributed by atoms with E-state index in [0.29, 0.717) is 42.4 Å². The molecule has 0 saturated carbocycles. The Balaban J connectivity index is 1.72. The number of carbonyl (C=O) groups is 1. The van der Waals surface area contributed by atoms with Crippen molar-refractivity contribution < 1.29 is 39.5 Å². The number of benzene rings is 3. The van der Waals surface area contributed by atoms with Crippen molar-refractivity contribution in [3.63, 3.8) is 0 Å². The molecule has 1 fully saturated rings. The molecule has 42 heavy (non-hydrogen) atoms. The van der Waals surface area contributed by atoms with Gasteiger partial charge >= 0.3 is 6.18 Å². The Morgan fingerprint density at radius 3 is 2.24 bits per heavy atom. The maximum absolute atomic E-state index is 13.6. The molecule has 1 amide bonds. The minimum Gasteiger partial charge on any atom is -0.495 e. The number of nitrogens with zero attached hydrogens (tertiary/aromatic N) is 2. The zero-order valence-corrected chi connectivity index (χ0v) is 24.7. The van der Waals surface area contributed by atoms with E-state index >= 15 is 0 Å². The zero-order chi connectivity index (χ0) is 30.7. The molecule has 1 aliphatic heterocycles. The number of rotatable bonds is 9. The van der Waals surface area contributed by atoms with E-state index in [2.05, 4.69) is 5.32 Å². The van der Waals surface area contributed by atoms with E-state index in [0.717, 1.165) is 12.5 Å². The number of alkyl halides is 3. The predicted octanol–water partition coefficient (Wildman–Crippen LogP) is 5.38. The molecule has 1 saturated heterocycles. The van der Waals surface area contributed by atoms with Crippen LogP contribution in [0.1, 0.15) is 24.8 Å². The number of carbonyl (C=O) groups excluding carboxylic acids is 1. The van der Waals surface area contributed by atoms with Gasteiger partial charge in [0.15, 0.2) is 0 Å². The number of hydrogen-bond donors (Lipinski definition) is 1. The summed E-state index contributed by atoms with van der Waals surface area (Å²) < 4.78 is 101. The van der Waals surface area contributed by atoms with Crippen LogP contribution in [0.5, 0.6) is 5.75 Å². The number of piperidine rings is 1. The number of nitrogens with one attached hydrogen (secondary N) is 1. The summed E-state index contributed by atoms with van der Waals surface area (Å²) in [6.07, 6.45) is -2.49. The number of amides is 1. The molecule has 0 radical (unpaired) electrons. The van der Waals surface area contributed by atoms with Gasteiger partial charge in [-0.05, 0) is 61.4 Å². The fraction of sp³-hybridized carbons (Fsp3) is 0.296. The second-order valence-corrected chi connectivity index (χ2v) is 13.6. The Hall–Kier alpha value is -3.33. The summed E-state index contributed by atoms with van der Waals surface area (Å²) in [4.78, 5) is 12.9. The highest BCUT2D eigenvalue weighted by Crippen LogP contribution is 2.37. The summed E-state index contributed by atoms with van der Waals surface area (Å²) >= 11 is 6.17. The molecule has 0 spiro atoms. The van der Waals surface area contributed by atoms with Crippen LogP contribution < -0.4 is 14.4 Å². The number of sulfonamides is 2. The SMILES string of the molecule is COc1ccc(S(=O)(=O)N2CCCCC2)cc1NC(=O)CN(c1cc(C(F)(F)F)ccc1Cl)S(=O)(=O)c1ccccc1. The van der Waals surface area contributed by atoms with Gasteiger partial charge in [-0.25, -0.2) is 16.8 Å². The maximum atomic E-state index is 13.6. The topological polar surface area (TPSA) is 113 Å². The lowest BCUT2D eigenvalue weighted by molar-refractivity contribution is -0.137. The van der Waals surface area contributed by atoms with Crippen molar-refractivity contribution in [2.75, 3.05) is 36.4 Å². The van der Waals surface area contributed by atoms with Crippen molar-refractivity contribution in [1.82, 2.24) is 4.31 Å². The van der Waals surface area contributed by atoms with Gasteiger partial charge in [-0.15, -0.1) is 0 Å². The number of halogens is 4. The standard InChI is InChI=1S/C27H27ClF3N3O6S2/c1-40-25-13-11-21(41(36,37)33-14-6-3-7-15-33)17-23(25)32-26(35)18-34(42(38,39)20-8-4-2-5-9-20)24-16-19(27(29,30)31)10-12-22(24)28/h2,4-5,8-13,16-17H,3,6-7,14-15,18H2,1H3,(H,32,35). The van der Waals surface area contributed by atoms with Crippen molar-refractivity contribution in [3.05, 3.63) is 77.3 Å². The van der Waals surface area contributed by atoms with Crippen LogP contribution in [0, 0.1) is 0 Å². The van der Waals surface area contributed by atoms with Crippen LogP contribution in [0.25, 0.3) is 0 Å². The van der Waals surface area contributed by atoms with Crippen LogP contribution in [0.4, 0.5) is 24.5 Å². The highest BCUT2D eigenvalue weighted by atomic mass is 35.5. The van der Waals surface area contributed by atoms with Crippen LogP contribution >= 0.6 is 11.6 Å². The van der Waals surface area contributed by atoms with E-state index < -0.39 is 49.9 Å². The summed E-state index contributed by atoms with van der Waals surface area (Å²) in [5.74, 6) is -0.913. The molecule has 1 heterocycles. The molecule has 0 aromatic heterocycles. The quantitative estimate of drug-likeness (QED) is 0.335. The van der Waals surface area contributed by atoms with Gasteiger partial charge in [0.1, 0.15) is 12.3 Å². The summed E-state index contributed by atoms with van der Waals surface area (Å²) in [6.45, 7) is -0.301. The minimum absolute atomic E-state index is 0.0761. The monoisotopic (exact) mass is 645 g/mol. The van der Waals surface area contributed by atoms with Crippen molar-refractivity contribution in [1.29, 1.82) is 0 Å². The lowest BCUT2D eigenvalue weighted by atomic mass is 10.2. The third-order valence-electron chi connectivity index (χ3n) is 6.56. The number of hydrogen-bond acceptors (Lipinski definition) is 6. The number of anilines is 2. The van der Waals surface area contributed by atoms with Gasteiger partial charge in [-0.2, -0.15) is 17.5 Å². The fourth-order valence-corrected chi connectivity index (χ4v) is 7.69. The molecule has 226 valence electrons. The van der Waals surface area contributed by atoms with Crippen LogP contribution in [0.2, 0.25) is 5.02 Å². The first-order valence-corrected chi connectivity index (χ1v) is 15.9. The predicted molar refractivity (Wildman–Crippen MR) is 152 cm³/mol. The van der Waals surface area contributed by atoms with E-state index in [9.17, 15) is 34.8 Å². The van der Waals surface area contributed by atoms with Crippen molar-refractivity contribution in [2.45, 2.75) is 35.2 Å². The molecule has 0 unspecified atom stereocenters. The van der Waals surface area contributed by atoms with Crippen LogP contribution in [-0.4, -0.2) is 53.8 Å². The molecule has 4 rings (SSSR count). The minimum atomic E-state index is -4.82. The van der Waals surface area contributed by atoms with Crippen molar-refractivity contribution in [3.8, 4) is 5.75 Å². The van der Waals surface area contributed by atoms with E-state index in [-0.39, 0.29) is 26.3 Å². The van der Waals surface area contributed by atoms with Gasteiger partial charge in [-0.3, -0.25) is 9.10 Å². The summed E-state index contributed by atoms with van der Waals surface area (Å²) in [6, 6.07) is 12.8. The van der Waals surface area contributed by atoms with Crippen LogP contribution in [0.15, 0.2) is 76.5 Å². The van der Waals surface area contributed by atoms with Crippen LogP contribution in [-0.2, 0) is 31.0 Å². The molecular weight excluding hydrogens is 619 g/mol. The van der Waals surface area contributed by atoms with Gasteiger partial charge in [0.25, 0.3) is 10.0 Å². The molecule has 0 bridgehead atoms. The van der Waals surface area contributed by atoms with Gasteiger partial charge in [0, 0.05) is 13.1 Å². The maximum Gasteiger partial charge on any atom is 0.416 e. The second kappa shape index (κ2) is 12.5. The molecular formula is C27H27ClF3N3O6S2. The van der Waals surface area contributed by atoms with Gasteiger partial charge in [-0.1, -0.05) is 36.2 Å². The summed E-state index contributed by atoms with van der Waals surface area (Å²) in [5, 5.41) is 2.10. The highest BCUT2D eigenvalue weighted by Gasteiger charge is 2.35. The van der Waals surface area contributed by atoms with E-state index in [1.54, 1.807) is 6.07 Å². The molecule has 9 nitrogen and oxygen atoms in total. The Labute approximate surface area is 246 Å². The Morgan fingerprint density at radius 1 is 0.952 bits per heavy atom. The third kappa shape index (κ3) is 6.83. The van der Waals surface area contributed by atoms with Crippen molar-refractivity contribution in [2.24, 2.45) is 0 Å². The Morgan fingerprint density at radius 2 is 1.62 bits per heavy atom. The van der Waals surface area contributed by atoms with E-state index in [4.69, 9.17) is 16.3 Å². The van der Waals surface area contributed by atoms with Crippen molar-refractivity contribution >= 4 is 48.9 Å². The number of methoxy groups -OCH3 is 1. The average molecular weight is 646 g/mol. The first-order chi connectivity index (χ1) is 19.7. The molecule has 1 aliphatic rings. The molecule has 3 aromatic carbocycles. The zero-order valence-electron chi connectivity index (χ0n) is 22.3. The largest absolute Gasteiger partial charge is 0.495 e. The van der Waals surface area contributed by atoms with Gasteiger partial charge in [0.2, 0.25) is 15.9 Å². The average Bonchev–Trinajstić information content (AvgIpc) is 2.96. The lowest BCUT2D eigenvalue weighted by Gasteiger charge is -2.27.